The Morgan fingerprint density at radius 3 is 1.25 bits per heavy atom. The zero-order valence-electron chi connectivity index (χ0n) is 9.93. The summed E-state index contributed by atoms with van der Waals surface area (Å²) in [5, 5.41) is 0. The normalized spacial score (nSPS) is 28.1. The van der Waals surface area contributed by atoms with Gasteiger partial charge < -0.3 is 11.5 Å². The molecule has 0 radical (unpaired) electrons. The van der Waals surface area contributed by atoms with E-state index in [9.17, 15) is 0 Å². The van der Waals surface area contributed by atoms with Gasteiger partial charge in [-0.05, 0) is 32.1 Å². The van der Waals surface area contributed by atoms with Crippen LogP contribution in [0.2, 0.25) is 0 Å². The van der Waals surface area contributed by atoms with Crippen LogP contribution in [0.1, 0.15) is 78.1 Å². The highest BCUT2D eigenvalue weighted by molar-refractivity contribution is 4.99. The first-order chi connectivity index (χ1) is 7.12. The molecule has 0 aromatic carbocycles. The molecule has 0 spiro atoms. The second-order valence-electron chi connectivity index (χ2n) is 6.02. The molecule has 4 N–H and O–H groups in total. The van der Waals surface area contributed by atoms with Crippen LogP contribution < -0.4 is 11.5 Å². The van der Waals surface area contributed by atoms with Crippen LogP contribution >= 0.6 is 0 Å². The first-order valence-corrected chi connectivity index (χ1v) is 6.70. The van der Waals surface area contributed by atoms with E-state index >= 15 is 0 Å². The second-order valence-corrected chi connectivity index (χ2v) is 6.02. The summed E-state index contributed by atoms with van der Waals surface area (Å²) in [4.78, 5) is 0. The van der Waals surface area contributed by atoms with Crippen LogP contribution in [-0.4, -0.2) is 11.1 Å². The van der Waals surface area contributed by atoms with Crippen molar-refractivity contribution in [2.45, 2.75) is 89.1 Å². The number of nitrogens with two attached hydrogens (primary N) is 2. The lowest BCUT2D eigenvalue weighted by Crippen LogP contribution is -2.53. The van der Waals surface area contributed by atoms with Crippen LogP contribution in [0.25, 0.3) is 0 Å². The van der Waals surface area contributed by atoms with Gasteiger partial charge in [-0.1, -0.05) is 46.0 Å². The van der Waals surface area contributed by atoms with E-state index in [0.29, 0.717) is 0 Å². The van der Waals surface area contributed by atoms with E-state index in [1.165, 1.54) is 64.2 Å². The summed E-state index contributed by atoms with van der Waals surface area (Å²) in [5.41, 5.74) is 13.1. The van der Waals surface area contributed by atoms with Crippen LogP contribution in [0.4, 0.5) is 0 Å². The van der Waals surface area contributed by atoms with Gasteiger partial charge >= 0.3 is 0 Å². The lowest BCUT2D eigenvalue weighted by molar-refractivity contribution is 0.178. The molecule has 0 atom stereocenters. The summed E-state index contributed by atoms with van der Waals surface area (Å²) in [6.07, 6.45) is 13.9. The minimum Gasteiger partial charge on any atom is -0.325 e. The average molecular weight is 226 g/mol. The minimum absolute atomic E-state index is 0. The maximum Gasteiger partial charge on any atom is 0.0171 e. The molecule has 2 aliphatic carbocycles. The Kier molecular flexibility index (Phi) is 4.81. The number of hydrogen-bond donors (Lipinski definition) is 2. The van der Waals surface area contributed by atoms with Crippen molar-refractivity contribution in [3.63, 3.8) is 0 Å². The van der Waals surface area contributed by atoms with Crippen molar-refractivity contribution < 1.29 is 0 Å². The van der Waals surface area contributed by atoms with Crippen molar-refractivity contribution in [3.05, 3.63) is 0 Å². The third-order valence-corrected chi connectivity index (χ3v) is 4.40. The fraction of sp³-hybridized carbons (Fsp3) is 1.00. The van der Waals surface area contributed by atoms with E-state index in [1.807, 2.05) is 0 Å². The van der Waals surface area contributed by atoms with Gasteiger partial charge in [0.2, 0.25) is 0 Å². The van der Waals surface area contributed by atoms with Crippen molar-refractivity contribution in [1.82, 2.24) is 0 Å². The lowest BCUT2D eigenvalue weighted by Gasteiger charge is -2.43. The van der Waals surface area contributed by atoms with Gasteiger partial charge in [0.1, 0.15) is 0 Å². The lowest BCUT2D eigenvalue weighted by atomic mass is 9.69. The van der Waals surface area contributed by atoms with Crippen LogP contribution in [0.3, 0.4) is 0 Å². The summed E-state index contributed by atoms with van der Waals surface area (Å²) >= 11 is 0. The van der Waals surface area contributed by atoms with Crippen molar-refractivity contribution in [1.29, 1.82) is 0 Å². The van der Waals surface area contributed by atoms with Gasteiger partial charge in [-0.3, -0.25) is 0 Å². The zero-order chi connectivity index (χ0) is 10.8. The predicted molar refractivity (Wildman–Crippen MR) is 71.4 cm³/mol. The van der Waals surface area contributed by atoms with Crippen molar-refractivity contribution in [2.24, 2.45) is 11.5 Å². The van der Waals surface area contributed by atoms with E-state index in [0.717, 1.165) is 6.42 Å². The summed E-state index contributed by atoms with van der Waals surface area (Å²) in [7, 11) is 0. The minimum atomic E-state index is 0. The Morgan fingerprint density at radius 2 is 0.938 bits per heavy atom. The van der Waals surface area contributed by atoms with Gasteiger partial charge in [0.05, 0.1) is 0 Å². The molecule has 0 amide bonds. The van der Waals surface area contributed by atoms with Crippen molar-refractivity contribution in [3.8, 4) is 0 Å². The van der Waals surface area contributed by atoms with Gasteiger partial charge in [0, 0.05) is 11.1 Å². The molecule has 0 unspecified atom stereocenters. The van der Waals surface area contributed by atoms with Gasteiger partial charge in [0.15, 0.2) is 0 Å². The molecule has 2 aliphatic rings. The third-order valence-electron chi connectivity index (χ3n) is 4.40. The third kappa shape index (κ3) is 3.46. The Labute approximate surface area is 101 Å². The van der Waals surface area contributed by atoms with E-state index in [-0.39, 0.29) is 18.5 Å². The molecule has 16 heavy (non-hydrogen) atoms. The summed E-state index contributed by atoms with van der Waals surface area (Å²) in [6, 6.07) is 0. The molecular weight excluding hydrogens is 196 g/mol. The highest BCUT2D eigenvalue weighted by atomic mass is 14.8. The number of hydrogen-bond acceptors (Lipinski definition) is 2. The highest BCUT2D eigenvalue weighted by Gasteiger charge is 2.37. The summed E-state index contributed by atoms with van der Waals surface area (Å²) < 4.78 is 0. The van der Waals surface area contributed by atoms with E-state index < -0.39 is 0 Å². The van der Waals surface area contributed by atoms with Crippen LogP contribution in [-0.2, 0) is 0 Å². The van der Waals surface area contributed by atoms with Crippen LogP contribution in [0.15, 0.2) is 0 Å². The van der Waals surface area contributed by atoms with Crippen molar-refractivity contribution >= 4 is 0 Å². The maximum atomic E-state index is 6.50. The van der Waals surface area contributed by atoms with E-state index in [1.54, 1.807) is 0 Å². The Morgan fingerprint density at radius 1 is 0.625 bits per heavy atom. The van der Waals surface area contributed by atoms with Crippen LogP contribution in [0, 0.1) is 0 Å². The molecule has 0 bridgehead atoms. The molecule has 0 aromatic rings. The molecule has 0 aromatic heterocycles. The topological polar surface area (TPSA) is 52.0 Å². The molecule has 2 fully saturated rings. The Hall–Kier alpha value is -0.0800. The zero-order valence-corrected chi connectivity index (χ0v) is 9.93. The highest BCUT2D eigenvalue weighted by Crippen LogP contribution is 2.37. The van der Waals surface area contributed by atoms with Crippen LogP contribution in [0.5, 0.6) is 0 Å². The quantitative estimate of drug-likeness (QED) is 0.759. The molecule has 0 aliphatic heterocycles. The SMILES string of the molecule is C.NC1(CC2(N)CCCCC2)CCCCC1. The van der Waals surface area contributed by atoms with E-state index in [2.05, 4.69) is 0 Å². The molecule has 2 heteroatoms. The van der Waals surface area contributed by atoms with Crippen molar-refractivity contribution in [2.75, 3.05) is 0 Å². The first kappa shape index (κ1) is 14.0. The van der Waals surface area contributed by atoms with E-state index in [4.69, 9.17) is 11.5 Å². The van der Waals surface area contributed by atoms with Gasteiger partial charge in [-0.15, -0.1) is 0 Å². The fourth-order valence-electron chi connectivity index (χ4n) is 3.57. The molecule has 0 heterocycles. The average Bonchev–Trinajstić information content (AvgIpc) is 2.18. The molecule has 2 nitrogen and oxygen atoms in total. The summed E-state index contributed by atoms with van der Waals surface area (Å²) in [5.74, 6) is 0. The standard InChI is InChI=1S/C13H26N2.CH4/c14-12(7-3-1-4-8-12)11-13(15)9-5-2-6-10-13;/h1-11,14-15H2;1H4. The molecule has 96 valence electrons. The monoisotopic (exact) mass is 226 g/mol. The largest absolute Gasteiger partial charge is 0.325 e. The molecule has 0 saturated heterocycles. The number of rotatable bonds is 2. The smallest absolute Gasteiger partial charge is 0.0171 e. The Balaban J connectivity index is 0.00000128. The van der Waals surface area contributed by atoms with Gasteiger partial charge in [0.25, 0.3) is 0 Å². The summed E-state index contributed by atoms with van der Waals surface area (Å²) in [6.45, 7) is 0. The Bertz CT molecular complexity index is 179. The predicted octanol–water partition coefficient (Wildman–Crippen LogP) is 3.34. The molecule has 2 rings (SSSR count). The van der Waals surface area contributed by atoms with Gasteiger partial charge in [-0.2, -0.15) is 0 Å². The molecular formula is C14H30N2. The molecule has 2 saturated carbocycles. The van der Waals surface area contributed by atoms with Gasteiger partial charge in [-0.25, -0.2) is 0 Å². The first-order valence-electron chi connectivity index (χ1n) is 6.70. The fourth-order valence-corrected chi connectivity index (χ4v) is 3.57. The maximum absolute atomic E-state index is 6.50. The second kappa shape index (κ2) is 5.50.